The fraction of sp³-hybridized carbons (Fsp3) is 0.0909. The number of nitrogens with zero attached hydrogens (tertiary/aromatic N) is 2. The van der Waals surface area contributed by atoms with Crippen LogP contribution in [0.25, 0.3) is 16.6 Å². The van der Waals surface area contributed by atoms with Crippen molar-refractivity contribution < 1.29 is 0 Å². The summed E-state index contributed by atoms with van der Waals surface area (Å²) in [5.41, 5.74) is 5.14. The molecule has 0 saturated carbocycles. The Morgan fingerprint density at radius 3 is 2.85 bits per heavy atom. The summed E-state index contributed by atoms with van der Waals surface area (Å²) < 4.78 is 3.23. The molecule has 5 heteroatoms. The summed E-state index contributed by atoms with van der Waals surface area (Å²) in [5.74, 6) is 0. The molecule has 0 bridgehead atoms. The highest BCUT2D eigenvalue weighted by molar-refractivity contribution is 9.10. The van der Waals surface area contributed by atoms with E-state index in [4.69, 9.17) is 0 Å². The summed E-state index contributed by atoms with van der Waals surface area (Å²) in [6, 6.07) is 14.4. The van der Waals surface area contributed by atoms with Gasteiger partial charge in [-0.15, -0.1) is 0 Å². The highest BCUT2D eigenvalue weighted by Gasteiger charge is 2.21. The van der Waals surface area contributed by atoms with Gasteiger partial charge in [0.1, 0.15) is 0 Å². The number of halogens is 1. The van der Waals surface area contributed by atoms with E-state index in [1.807, 2.05) is 43.6 Å². The summed E-state index contributed by atoms with van der Waals surface area (Å²) in [4.78, 5) is 19.7. The Hall–Kier alpha value is -2.37. The van der Waals surface area contributed by atoms with Gasteiger partial charge >= 0.3 is 0 Å². The molecule has 0 fully saturated rings. The third kappa shape index (κ3) is 2.82. The van der Waals surface area contributed by atoms with Crippen molar-refractivity contribution in [2.45, 2.75) is 23.1 Å². The van der Waals surface area contributed by atoms with Crippen molar-refractivity contribution in [2.75, 3.05) is 0 Å². The maximum Gasteiger partial charge on any atom is 0.192 e. The zero-order chi connectivity index (χ0) is 18.5. The van der Waals surface area contributed by atoms with Gasteiger partial charge in [-0.25, -0.2) is 0 Å². The van der Waals surface area contributed by atoms with Crippen molar-refractivity contribution in [2.24, 2.45) is 0 Å². The molecule has 2 aromatic heterocycles. The van der Waals surface area contributed by atoms with Crippen LogP contribution in [-0.2, 0) is 6.42 Å². The van der Waals surface area contributed by atoms with Gasteiger partial charge in [0, 0.05) is 50.2 Å². The molecule has 3 heterocycles. The monoisotopic (exact) mass is 434 g/mol. The Morgan fingerprint density at radius 2 is 2.04 bits per heavy atom. The number of aromatic nitrogens is 2. The Balaban J connectivity index is 1.82. The number of rotatable bonds is 2. The first-order valence-corrected chi connectivity index (χ1v) is 10.3. The van der Waals surface area contributed by atoms with Gasteiger partial charge in [0.2, 0.25) is 0 Å². The van der Waals surface area contributed by atoms with Gasteiger partial charge in [0.25, 0.3) is 0 Å². The second-order valence-corrected chi connectivity index (χ2v) is 8.76. The lowest BCUT2D eigenvalue weighted by Gasteiger charge is -2.24. The van der Waals surface area contributed by atoms with E-state index >= 15 is 0 Å². The number of pyridine rings is 2. The SMILES string of the molecule is Cc1cc2c3c(c1)c(=O)c(Cc1cccnc1)cn3-c1ccc(Br)cc1S2. The molecule has 4 aromatic rings. The van der Waals surface area contributed by atoms with Crippen LogP contribution in [-0.4, -0.2) is 9.55 Å². The van der Waals surface area contributed by atoms with Gasteiger partial charge in [-0.1, -0.05) is 33.8 Å². The molecule has 0 aliphatic carbocycles. The summed E-state index contributed by atoms with van der Waals surface area (Å²) in [6.07, 6.45) is 6.15. The van der Waals surface area contributed by atoms with Gasteiger partial charge < -0.3 is 4.57 Å². The minimum atomic E-state index is 0.108. The molecule has 0 atom stereocenters. The lowest BCUT2D eigenvalue weighted by atomic mass is 10.0. The Morgan fingerprint density at radius 1 is 1.15 bits per heavy atom. The highest BCUT2D eigenvalue weighted by atomic mass is 79.9. The molecule has 27 heavy (non-hydrogen) atoms. The minimum Gasteiger partial charge on any atom is -0.314 e. The first kappa shape index (κ1) is 16.8. The predicted octanol–water partition coefficient (Wildman–Crippen LogP) is 5.51. The van der Waals surface area contributed by atoms with Crippen molar-refractivity contribution in [1.82, 2.24) is 9.55 Å². The zero-order valence-corrected chi connectivity index (χ0v) is 17.0. The summed E-state index contributed by atoms with van der Waals surface area (Å²) in [6.45, 7) is 2.05. The fourth-order valence-corrected chi connectivity index (χ4v) is 5.38. The normalized spacial score (nSPS) is 12.2. The molecule has 0 unspecified atom stereocenters. The topological polar surface area (TPSA) is 34.9 Å². The molecule has 0 N–H and O–H groups in total. The number of hydrogen-bond acceptors (Lipinski definition) is 3. The van der Waals surface area contributed by atoms with E-state index < -0.39 is 0 Å². The third-order valence-corrected chi connectivity index (χ3v) is 6.37. The Labute approximate surface area is 169 Å². The van der Waals surface area contributed by atoms with Crippen LogP contribution in [0, 0.1) is 6.92 Å². The molecule has 132 valence electrons. The van der Waals surface area contributed by atoms with E-state index in [9.17, 15) is 4.79 Å². The Kier molecular flexibility index (Phi) is 3.95. The number of benzene rings is 2. The van der Waals surface area contributed by atoms with E-state index in [-0.39, 0.29) is 5.43 Å². The first-order valence-electron chi connectivity index (χ1n) is 8.66. The second kappa shape index (κ2) is 6.36. The highest BCUT2D eigenvalue weighted by Crippen LogP contribution is 2.43. The second-order valence-electron chi connectivity index (χ2n) is 6.76. The van der Waals surface area contributed by atoms with E-state index in [0.29, 0.717) is 6.42 Å². The van der Waals surface area contributed by atoms with Gasteiger partial charge in [-0.3, -0.25) is 9.78 Å². The average Bonchev–Trinajstić information content (AvgIpc) is 2.65. The van der Waals surface area contributed by atoms with Crippen molar-refractivity contribution in [3.05, 3.63) is 92.4 Å². The van der Waals surface area contributed by atoms with Crippen LogP contribution in [0.3, 0.4) is 0 Å². The van der Waals surface area contributed by atoms with E-state index in [1.54, 1.807) is 18.0 Å². The lowest BCUT2D eigenvalue weighted by Crippen LogP contribution is -2.17. The summed E-state index contributed by atoms with van der Waals surface area (Å²) >= 11 is 5.29. The molecule has 2 aromatic carbocycles. The lowest BCUT2D eigenvalue weighted by molar-refractivity contribution is 0.990. The molecule has 3 nitrogen and oxygen atoms in total. The summed E-state index contributed by atoms with van der Waals surface area (Å²) in [7, 11) is 0. The molecular weight excluding hydrogens is 420 g/mol. The molecule has 0 saturated heterocycles. The average molecular weight is 435 g/mol. The van der Waals surface area contributed by atoms with Crippen LogP contribution >= 0.6 is 27.7 Å². The fourth-order valence-electron chi connectivity index (χ4n) is 3.62. The third-order valence-electron chi connectivity index (χ3n) is 4.80. The molecule has 1 aliphatic heterocycles. The van der Waals surface area contributed by atoms with Crippen LogP contribution in [0.15, 0.2) is 80.1 Å². The van der Waals surface area contributed by atoms with Gasteiger partial charge in [-0.2, -0.15) is 0 Å². The van der Waals surface area contributed by atoms with Crippen LogP contribution in [0.5, 0.6) is 0 Å². The molecule has 0 spiro atoms. The van der Waals surface area contributed by atoms with Gasteiger partial charge in [0.15, 0.2) is 5.43 Å². The van der Waals surface area contributed by atoms with E-state index in [0.717, 1.165) is 42.6 Å². The van der Waals surface area contributed by atoms with E-state index in [1.165, 1.54) is 4.90 Å². The molecule has 0 radical (unpaired) electrons. The maximum atomic E-state index is 13.2. The van der Waals surface area contributed by atoms with Crippen LogP contribution in [0.4, 0.5) is 0 Å². The molecular formula is C22H15BrN2OS. The standard InChI is InChI=1S/C22H15BrN2OS/c1-13-7-17-21-20(8-13)27-19-10-16(23)4-5-18(19)25(21)12-15(22(17)26)9-14-3-2-6-24-11-14/h2-8,10-12H,9H2,1H3. The van der Waals surface area contributed by atoms with Crippen molar-refractivity contribution in [3.8, 4) is 5.69 Å². The number of fused-ring (bicyclic) bond motifs is 2. The summed E-state index contributed by atoms with van der Waals surface area (Å²) in [5, 5.41) is 0.785. The first-order chi connectivity index (χ1) is 13.1. The quantitative estimate of drug-likeness (QED) is 0.367. The zero-order valence-electron chi connectivity index (χ0n) is 14.6. The van der Waals surface area contributed by atoms with Crippen LogP contribution < -0.4 is 5.43 Å². The molecule has 5 rings (SSSR count). The van der Waals surface area contributed by atoms with Crippen molar-refractivity contribution in [3.63, 3.8) is 0 Å². The molecule has 0 amide bonds. The smallest absolute Gasteiger partial charge is 0.192 e. The van der Waals surface area contributed by atoms with Crippen molar-refractivity contribution in [1.29, 1.82) is 0 Å². The van der Waals surface area contributed by atoms with Crippen LogP contribution in [0.2, 0.25) is 0 Å². The molecule has 1 aliphatic rings. The number of hydrogen-bond donors (Lipinski definition) is 0. The predicted molar refractivity (Wildman–Crippen MR) is 113 cm³/mol. The van der Waals surface area contributed by atoms with Crippen LogP contribution in [0.1, 0.15) is 16.7 Å². The Bertz CT molecular complexity index is 1270. The largest absolute Gasteiger partial charge is 0.314 e. The van der Waals surface area contributed by atoms with Crippen molar-refractivity contribution >= 4 is 38.6 Å². The minimum absolute atomic E-state index is 0.108. The maximum absolute atomic E-state index is 13.2. The number of aryl methyl sites for hydroxylation is 1. The van der Waals surface area contributed by atoms with Gasteiger partial charge in [-0.05, 0) is 54.4 Å². The van der Waals surface area contributed by atoms with Gasteiger partial charge in [0.05, 0.1) is 11.2 Å². The van der Waals surface area contributed by atoms with E-state index in [2.05, 4.69) is 43.7 Å².